The summed E-state index contributed by atoms with van der Waals surface area (Å²) >= 11 is 13.3. The summed E-state index contributed by atoms with van der Waals surface area (Å²) in [4.78, 5) is 11.1. The summed E-state index contributed by atoms with van der Waals surface area (Å²) in [5.74, 6) is -0.0322. The molecule has 0 aromatic heterocycles. The summed E-state index contributed by atoms with van der Waals surface area (Å²) in [6.07, 6.45) is 4.06. The second kappa shape index (κ2) is 4.98. The summed E-state index contributed by atoms with van der Waals surface area (Å²) in [6, 6.07) is 0. The van der Waals surface area contributed by atoms with Crippen LogP contribution in [0.2, 0.25) is 0 Å². The molecule has 124 valence electrons. The number of esters is 1. The highest BCUT2D eigenvalue weighted by Crippen LogP contribution is 2.50. The SMILES string of the molecule is CC1CC2OC2CC1(Cl)COC(=O)C1(Cl)CC2OC2CC1C. The predicted octanol–water partition coefficient (Wildman–Crippen LogP) is 2.88. The van der Waals surface area contributed by atoms with Gasteiger partial charge in [-0.15, -0.1) is 23.2 Å². The van der Waals surface area contributed by atoms with Crippen molar-refractivity contribution in [3.63, 3.8) is 0 Å². The minimum absolute atomic E-state index is 0.0524. The molecule has 4 fully saturated rings. The van der Waals surface area contributed by atoms with Crippen LogP contribution in [0.25, 0.3) is 0 Å². The van der Waals surface area contributed by atoms with E-state index in [1.165, 1.54) is 0 Å². The summed E-state index contributed by atoms with van der Waals surface area (Å²) in [7, 11) is 0. The van der Waals surface area contributed by atoms with Crippen molar-refractivity contribution in [1.29, 1.82) is 0 Å². The van der Waals surface area contributed by atoms with Crippen LogP contribution in [-0.4, -0.2) is 46.7 Å². The standard InChI is InChI=1S/C16H22Cl2O4/c1-8-3-10-12(21-10)5-15(8,17)7-20-14(19)16(18)6-13-11(22-13)4-9(16)2/h8-13H,3-7H2,1-2H3. The van der Waals surface area contributed by atoms with Crippen LogP contribution in [0.3, 0.4) is 0 Å². The molecule has 0 spiro atoms. The number of rotatable bonds is 3. The molecular weight excluding hydrogens is 327 g/mol. The summed E-state index contributed by atoms with van der Waals surface area (Å²) in [5, 5.41) is 0. The number of hydrogen-bond acceptors (Lipinski definition) is 4. The van der Waals surface area contributed by atoms with Gasteiger partial charge in [-0.3, -0.25) is 4.79 Å². The molecule has 2 aliphatic carbocycles. The van der Waals surface area contributed by atoms with Crippen molar-refractivity contribution >= 4 is 29.2 Å². The third-order valence-electron chi connectivity index (χ3n) is 6.03. The number of carbonyl (C=O) groups is 1. The van der Waals surface area contributed by atoms with E-state index in [1.54, 1.807) is 0 Å². The summed E-state index contributed by atoms with van der Waals surface area (Å²) < 4.78 is 16.7. The van der Waals surface area contributed by atoms with Crippen LogP contribution in [-0.2, 0) is 19.0 Å². The maximum absolute atomic E-state index is 12.6. The molecule has 2 heterocycles. The lowest BCUT2D eigenvalue weighted by Gasteiger charge is -2.37. The van der Waals surface area contributed by atoms with Crippen LogP contribution >= 0.6 is 23.2 Å². The maximum Gasteiger partial charge on any atom is 0.327 e. The Hall–Kier alpha value is -0.0300. The van der Waals surface area contributed by atoms with Gasteiger partial charge in [0, 0.05) is 6.42 Å². The normalized spacial score (nSPS) is 55.8. The Morgan fingerprint density at radius 2 is 1.64 bits per heavy atom. The van der Waals surface area contributed by atoms with Crippen LogP contribution in [0, 0.1) is 11.8 Å². The van der Waals surface area contributed by atoms with E-state index in [2.05, 4.69) is 6.92 Å². The van der Waals surface area contributed by atoms with Gasteiger partial charge in [0.1, 0.15) is 11.5 Å². The van der Waals surface area contributed by atoms with Gasteiger partial charge in [0.25, 0.3) is 0 Å². The fourth-order valence-corrected chi connectivity index (χ4v) is 4.64. The molecule has 8 unspecified atom stereocenters. The minimum atomic E-state index is -0.971. The van der Waals surface area contributed by atoms with Crippen LogP contribution in [0.1, 0.15) is 39.5 Å². The number of halogens is 2. The van der Waals surface area contributed by atoms with Gasteiger partial charge < -0.3 is 14.2 Å². The third-order valence-corrected chi connectivity index (χ3v) is 7.35. The van der Waals surface area contributed by atoms with Gasteiger partial charge in [-0.1, -0.05) is 13.8 Å². The molecule has 6 heteroatoms. The highest BCUT2D eigenvalue weighted by Gasteiger charge is 2.59. The number of epoxide rings is 2. The fourth-order valence-electron chi connectivity index (χ4n) is 4.05. The molecule has 2 saturated carbocycles. The van der Waals surface area contributed by atoms with E-state index in [-0.39, 0.29) is 42.7 Å². The lowest BCUT2D eigenvalue weighted by atomic mass is 9.79. The Morgan fingerprint density at radius 1 is 1.05 bits per heavy atom. The number of alkyl halides is 2. The molecule has 2 aliphatic heterocycles. The zero-order valence-corrected chi connectivity index (χ0v) is 14.4. The summed E-state index contributed by atoms with van der Waals surface area (Å²) in [5.41, 5.74) is 0. The molecule has 2 saturated heterocycles. The second-order valence-electron chi connectivity index (χ2n) is 7.58. The van der Waals surface area contributed by atoms with E-state index in [0.29, 0.717) is 12.5 Å². The van der Waals surface area contributed by atoms with Crippen LogP contribution < -0.4 is 0 Å². The summed E-state index contributed by atoms with van der Waals surface area (Å²) in [6.45, 7) is 4.30. The average molecular weight is 349 g/mol. The molecule has 0 aromatic carbocycles. The topological polar surface area (TPSA) is 51.4 Å². The molecular formula is C16H22Cl2O4. The molecule has 0 amide bonds. The van der Waals surface area contributed by atoms with Crippen LogP contribution in [0.5, 0.6) is 0 Å². The Balaban J connectivity index is 1.39. The number of carbonyl (C=O) groups excluding carboxylic acids is 1. The first-order valence-corrected chi connectivity index (χ1v) is 8.93. The van der Waals surface area contributed by atoms with Gasteiger partial charge in [-0.2, -0.15) is 0 Å². The quantitative estimate of drug-likeness (QED) is 0.447. The molecule has 0 radical (unpaired) electrons. The highest BCUT2D eigenvalue weighted by molar-refractivity contribution is 6.34. The lowest BCUT2D eigenvalue weighted by Crippen LogP contribution is -2.48. The van der Waals surface area contributed by atoms with Gasteiger partial charge in [0.15, 0.2) is 0 Å². The zero-order valence-electron chi connectivity index (χ0n) is 12.9. The molecule has 0 N–H and O–H groups in total. The van der Waals surface area contributed by atoms with Gasteiger partial charge in [0.2, 0.25) is 0 Å². The number of fused-ring (bicyclic) bond motifs is 2. The van der Waals surface area contributed by atoms with Crippen molar-refractivity contribution in [1.82, 2.24) is 0 Å². The van der Waals surface area contributed by atoms with E-state index < -0.39 is 9.75 Å². The van der Waals surface area contributed by atoms with Gasteiger partial charge in [0.05, 0.1) is 29.3 Å². The monoisotopic (exact) mass is 348 g/mol. The average Bonchev–Trinajstić information content (AvgIpc) is 3.34. The van der Waals surface area contributed by atoms with Crippen molar-refractivity contribution in [2.75, 3.05) is 6.61 Å². The van der Waals surface area contributed by atoms with Gasteiger partial charge >= 0.3 is 5.97 Å². The van der Waals surface area contributed by atoms with Crippen molar-refractivity contribution in [3.8, 4) is 0 Å². The van der Waals surface area contributed by atoms with E-state index in [4.69, 9.17) is 37.4 Å². The first-order chi connectivity index (χ1) is 10.3. The first kappa shape index (κ1) is 15.5. The third kappa shape index (κ3) is 2.47. The highest BCUT2D eigenvalue weighted by atomic mass is 35.5. The van der Waals surface area contributed by atoms with Crippen LogP contribution in [0.15, 0.2) is 0 Å². The number of ether oxygens (including phenoxy) is 3. The Kier molecular flexibility index (Phi) is 3.51. The zero-order chi connectivity index (χ0) is 15.7. The van der Waals surface area contributed by atoms with Crippen molar-refractivity contribution in [2.45, 2.75) is 73.7 Å². The molecule has 4 nitrogen and oxygen atoms in total. The molecule has 4 aliphatic rings. The van der Waals surface area contributed by atoms with E-state index >= 15 is 0 Å². The first-order valence-electron chi connectivity index (χ1n) is 8.18. The minimum Gasteiger partial charge on any atom is -0.462 e. The largest absolute Gasteiger partial charge is 0.462 e. The van der Waals surface area contributed by atoms with Crippen molar-refractivity contribution < 1.29 is 19.0 Å². The molecule has 8 atom stereocenters. The van der Waals surface area contributed by atoms with E-state index in [1.807, 2.05) is 6.92 Å². The smallest absolute Gasteiger partial charge is 0.327 e. The Labute approximate surface area is 140 Å². The van der Waals surface area contributed by atoms with Gasteiger partial charge in [-0.05, 0) is 31.1 Å². The fraction of sp³-hybridized carbons (Fsp3) is 0.938. The maximum atomic E-state index is 12.6. The van der Waals surface area contributed by atoms with E-state index in [9.17, 15) is 4.79 Å². The molecule has 4 rings (SSSR count). The molecule has 0 bridgehead atoms. The van der Waals surface area contributed by atoms with Gasteiger partial charge in [-0.25, -0.2) is 0 Å². The van der Waals surface area contributed by atoms with Crippen molar-refractivity contribution in [2.24, 2.45) is 11.8 Å². The van der Waals surface area contributed by atoms with E-state index in [0.717, 1.165) is 19.3 Å². The Bertz CT molecular complexity index is 501. The van der Waals surface area contributed by atoms with Crippen LogP contribution in [0.4, 0.5) is 0 Å². The predicted molar refractivity (Wildman–Crippen MR) is 82.2 cm³/mol. The van der Waals surface area contributed by atoms with Crippen molar-refractivity contribution in [3.05, 3.63) is 0 Å². The lowest BCUT2D eigenvalue weighted by molar-refractivity contribution is -0.150. The number of hydrogen-bond donors (Lipinski definition) is 0. The second-order valence-corrected chi connectivity index (χ2v) is 9.01. The Morgan fingerprint density at radius 3 is 2.32 bits per heavy atom. The molecule has 0 aromatic rings. The molecule has 22 heavy (non-hydrogen) atoms.